The van der Waals surface area contributed by atoms with Crippen LogP contribution in [0.4, 0.5) is 5.69 Å². The highest BCUT2D eigenvalue weighted by molar-refractivity contribution is 6.01. The number of ether oxygens (including phenoxy) is 1. The molecule has 0 unspecified atom stereocenters. The third-order valence-corrected chi connectivity index (χ3v) is 4.51. The molecular formula is C25H26N2O2. The van der Waals surface area contributed by atoms with Crippen LogP contribution in [0.1, 0.15) is 16.7 Å². The molecule has 0 spiro atoms. The van der Waals surface area contributed by atoms with E-state index in [0.29, 0.717) is 0 Å². The van der Waals surface area contributed by atoms with Gasteiger partial charge in [-0.3, -0.25) is 9.69 Å². The first-order valence-corrected chi connectivity index (χ1v) is 9.57. The van der Waals surface area contributed by atoms with E-state index < -0.39 is 0 Å². The van der Waals surface area contributed by atoms with E-state index in [1.807, 2.05) is 54.6 Å². The van der Waals surface area contributed by atoms with Gasteiger partial charge in [-0.25, -0.2) is 0 Å². The molecule has 0 radical (unpaired) electrons. The Labute approximate surface area is 172 Å². The number of hydrogen-bond donors (Lipinski definition) is 1. The SMILES string of the molecule is COc1ccc(/C=C/C(=O)Nc2ccc(CN(C)Cc3ccccc3)cc2)cc1. The van der Waals surface area contributed by atoms with Crippen molar-refractivity contribution in [3.05, 3.63) is 102 Å². The fourth-order valence-corrected chi connectivity index (χ4v) is 3.03. The highest BCUT2D eigenvalue weighted by atomic mass is 16.5. The number of amides is 1. The van der Waals surface area contributed by atoms with Crippen molar-refractivity contribution in [1.29, 1.82) is 0 Å². The van der Waals surface area contributed by atoms with Crippen molar-refractivity contribution >= 4 is 17.7 Å². The Balaban J connectivity index is 1.50. The molecule has 0 aliphatic rings. The summed E-state index contributed by atoms with van der Waals surface area (Å²) in [5, 5.41) is 2.89. The van der Waals surface area contributed by atoms with Crippen LogP contribution in [0, 0.1) is 0 Å². The molecule has 0 atom stereocenters. The predicted octanol–water partition coefficient (Wildman–Crippen LogP) is 4.98. The molecule has 0 fully saturated rings. The quantitative estimate of drug-likeness (QED) is 0.555. The Morgan fingerprint density at radius 3 is 2.14 bits per heavy atom. The maximum Gasteiger partial charge on any atom is 0.248 e. The molecule has 3 rings (SSSR count). The van der Waals surface area contributed by atoms with Gasteiger partial charge >= 0.3 is 0 Å². The molecule has 0 aromatic heterocycles. The minimum Gasteiger partial charge on any atom is -0.497 e. The smallest absolute Gasteiger partial charge is 0.248 e. The average molecular weight is 386 g/mol. The minimum atomic E-state index is -0.158. The van der Waals surface area contributed by atoms with E-state index in [0.717, 1.165) is 30.1 Å². The fourth-order valence-electron chi connectivity index (χ4n) is 3.03. The van der Waals surface area contributed by atoms with Crippen molar-refractivity contribution in [3.63, 3.8) is 0 Å². The van der Waals surface area contributed by atoms with Crippen LogP contribution in [0.2, 0.25) is 0 Å². The van der Waals surface area contributed by atoms with E-state index in [1.54, 1.807) is 13.2 Å². The Morgan fingerprint density at radius 2 is 1.52 bits per heavy atom. The van der Waals surface area contributed by atoms with Gasteiger partial charge in [0.2, 0.25) is 5.91 Å². The van der Waals surface area contributed by atoms with Crippen LogP contribution in [-0.4, -0.2) is 25.0 Å². The second-order valence-corrected chi connectivity index (χ2v) is 6.95. The van der Waals surface area contributed by atoms with E-state index in [1.165, 1.54) is 17.2 Å². The third kappa shape index (κ3) is 6.63. The van der Waals surface area contributed by atoms with E-state index in [2.05, 4.69) is 41.5 Å². The second kappa shape index (κ2) is 10.2. The van der Waals surface area contributed by atoms with Gasteiger partial charge in [-0.05, 0) is 54.1 Å². The fraction of sp³-hybridized carbons (Fsp3) is 0.160. The van der Waals surface area contributed by atoms with Crippen molar-refractivity contribution in [2.24, 2.45) is 0 Å². The van der Waals surface area contributed by atoms with Gasteiger partial charge in [0.25, 0.3) is 0 Å². The Kier molecular flexibility index (Phi) is 7.20. The van der Waals surface area contributed by atoms with Crippen LogP contribution >= 0.6 is 0 Å². The van der Waals surface area contributed by atoms with Gasteiger partial charge in [0.05, 0.1) is 7.11 Å². The van der Waals surface area contributed by atoms with Gasteiger partial charge in [0.15, 0.2) is 0 Å². The molecule has 3 aromatic rings. The number of nitrogens with zero attached hydrogens (tertiary/aromatic N) is 1. The van der Waals surface area contributed by atoms with E-state index in [4.69, 9.17) is 4.74 Å². The maximum atomic E-state index is 12.1. The van der Waals surface area contributed by atoms with Gasteiger partial charge in [-0.1, -0.05) is 54.6 Å². The molecule has 1 N–H and O–H groups in total. The number of carbonyl (C=O) groups excluding carboxylic acids is 1. The number of anilines is 1. The zero-order chi connectivity index (χ0) is 20.5. The van der Waals surface area contributed by atoms with Crippen molar-refractivity contribution < 1.29 is 9.53 Å². The van der Waals surface area contributed by atoms with Gasteiger partial charge in [-0.2, -0.15) is 0 Å². The summed E-state index contributed by atoms with van der Waals surface area (Å²) in [6, 6.07) is 25.9. The number of methoxy groups -OCH3 is 1. The average Bonchev–Trinajstić information content (AvgIpc) is 2.75. The van der Waals surface area contributed by atoms with E-state index in [-0.39, 0.29) is 5.91 Å². The van der Waals surface area contributed by atoms with Gasteiger partial charge in [0.1, 0.15) is 5.75 Å². The lowest BCUT2D eigenvalue weighted by Gasteiger charge is -2.17. The van der Waals surface area contributed by atoms with Crippen LogP contribution < -0.4 is 10.1 Å². The van der Waals surface area contributed by atoms with Crippen LogP contribution in [0.3, 0.4) is 0 Å². The summed E-state index contributed by atoms with van der Waals surface area (Å²) < 4.78 is 5.13. The minimum absolute atomic E-state index is 0.158. The Morgan fingerprint density at radius 1 is 0.897 bits per heavy atom. The van der Waals surface area contributed by atoms with E-state index >= 15 is 0 Å². The van der Waals surface area contributed by atoms with Crippen LogP contribution in [0.25, 0.3) is 6.08 Å². The van der Waals surface area contributed by atoms with Crippen molar-refractivity contribution in [1.82, 2.24) is 4.90 Å². The van der Waals surface area contributed by atoms with Crippen LogP contribution in [0.15, 0.2) is 84.9 Å². The number of benzene rings is 3. The lowest BCUT2D eigenvalue weighted by atomic mass is 10.1. The van der Waals surface area contributed by atoms with Crippen molar-refractivity contribution in [2.75, 3.05) is 19.5 Å². The first-order valence-electron chi connectivity index (χ1n) is 9.57. The van der Waals surface area contributed by atoms with Crippen LogP contribution in [-0.2, 0) is 17.9 Å². The van der Waals surface area contributed by atoms with Gasteiger partial charge in [-0.15, -0.1) is 0 Å². The van der Waals surface area contributed by atoms with Crippen molar-refractivity contribution in [2.45, 2.75) is 13.1 Å². The lowest BCUT2D eigenvalue weighted by molar-refractivity contribution is -0.111. The summed E-state index contributed by atoms with van der Waals surface area (Å²) in [6.45, 7) is 1.75. The summed E-state index contributed by atoms with van der Waals surface area (Å²) in [5.41, 5.74) is 4.22. The first-order chi connectivity index (χ1) is 14.1. The van der Waals surface area contributed by atoms with Gasteiger partial charge in [0, 0.05) is 24.9 Å². The summed E-state index contributed by atoms with van der Waals surface area (Å²) in [4.78, 5) is 14.4. The highest BCUT2D eigenvalue weighted by Crippen LogP contribution is 2.14. The molecule has 4 heteroatoms. The molecule has 0 saturated heterocycles. The number of nitrogens with one attached hydrogen (secondary N) is 1. The first kappa shape index (κ1) is 20.4. The predicted molar refractivity (Wildman–Crippen MR) is 119 cm³/mol. The Bertz CT molecular complexity index is 933. The summed E-state index contributed by atoms with van der Waals surface area (Å²) in [5.74, 6) is 0.635. The normalized spacial score (nSPS) is 11.0. The molecule has 1 amide bonds. The van der Waals surface area contributed by atoms with Gasteiger partial charge < -0.3 is 10.1 Å². The topological polar surface area (TPSA) is 41.6 Å². The summed E-state index contributed by atoms with van der Waals surface area (Å²) in [7, 11) is 3.73. The molecule has 0 bridgehead atoms. The Hall–Kier alpha value is -3.37. The highest BCUT2D eigenvalue weighted by Gasteiger charge is 2.03. The second-order valence-electron chi connectivity index (χ2n) is 6.95. The molecule has 0 heterocycles. The standard InChI is InChI=1S/C25H26N2O2/c1-27(18-21-6-4-3-5-7-21)19-22-8-13-23(14-9-22)26-25(28)17-12-20-10-15-24(29-2)16-11-20/h3-17H,18-19H2,1-2H3,(H,26,28)/b17-12+. The van der Waals surface area contributed by atoms with Crippen molar-refractivity contribution in [3.8, 4) is 5.75 Å². The summed E-state index contributed by atoms with van der Waals surface area (Å²) >= 11 is 0. The molecule has 0 aliphatic heterocycles. The molecule has 148 valence electrons. The number of carbonyl (C=O) groups is 1. The molecule has 4 nitrogen and oxygen atoms in total. The summed E-state index contributed by atoms with van der Waals surface area (Å²) in [6.07, 6.45) is 3.31. The van der Waals surface area contributed by atoms with Crippen LogP contribution in [0.5, 0.6) is 5.75 Å². The molecule has 0 saturated carbocycles. The molecule has 0 aliphatic carbocycles. The zero-order valence-corrected chi connectivity index (χ0v) is 16.8. The van der Waals surface area contributed by atoms with E-state index in [9.17, 15) is 4.79 Å². The molecular weight excluding hydrogens is 360 g/mol. The lowest BCUT2D eigenvalue weighted by Crippen LogP contribution is -2.17. The monoisotopic (exact) mass is 386 g/mol. The largest absolute Gasteiger partial charge is 0.497 e. The number of hydrogen-bond acceptors (Lipinski definition) is 3. The third-order valence-electron chi connectivity index (χ3n) is 4.51. The molecule has 29 heavy (non-hydrogen) atoms. The zero-order valence-electron chi connectivity index (χ0n) is 16.8. The maximum absolute atomic E-state index is 12.1. The molecule has 3 aromatic carbocycles. The number of rotatable bonds is 8.